The number of carbonyl (C=O) groups is 4. The van der Waals surface area contributed by atoms with Crippen molar-refractivity contribution >= 4 is 34.7 Å². The number of ether oxygens (including phenoxy) is 1. The number of hydrogen-bond acceptors (Lipinski definition) is 5. The van der Waals surface area contributed by atoms with Gasteiger partial charge in [-0.2, -0.15) is 0 Å². The number of alkyl carbamates (subject to hydrolysis) is 1. The molecule has 2 aliphatic rings. The van der Waals surface area contributed by atoms with E-state index in [0.29, 0.717) is 0 Å². The number of amides is 4. The minimum absolute atomic E-state index is 0.229. The number of nitrogens with two attached hydrogens (primary N) is 1. The zero-order valence-corrected chi connectivity index (χ0v) is 22.2. The van der Waals surface area contributed by atoms with Crippen molar-refractivity contribution in [1.82, 2.24) is 20.5 Å². The molecular formula is C29H33N5O5. The maximum atomic E-state index is 13.7. The topological polar surface area (TPSA) is 147 Å². The first-order valence-electron chi connectivity index (χ1n) is 13.1. The number of rotatable bonds is 6. The molecule has 0 aliphatic carbocycles. The Morgan fingerprint density at radius 3 is 2.49 bits per heavy atom. The summed E-state index contributed by atoms with van der Waals surface area (Å²) in [5, 5.41) is 6.45. The van der Waals surface area contributed by atoms with Crippen LogP contribution in [0.2, 0.25) is 0 Å². The van der Waals surface area contributed by atoms with Crippen molar-refractivity contribution < 1.29 is 23.9 Å². The highest BCUT2D eigenvalue weighted by Gasteiger charge is 2.51. The minimum Gasteiger partial charge on any atom is -0.444 e. The number of aromatic amines is 1. The van der Waals surface area contributed by atoms with E-state index in [-0.39, 0.29) is 25.2 Å². The van der Waals surface area contributed by atoms with Gasteiger partial charge in [-0.1, -0.05) is 48.5 Å². The highest BCUT2D eigenvalue weighted by Crippen LogP contribution is 2.43. The summed E-state index contributed by atoms with van der Waals surface area (Å²) < 4.78 is 5.37. The van der Waals surface area contributed by atoms with Gasteiger partial charge in [0, 0.05) is 35.9 Å². The Kier molecular flexibility index (Phi) is 6.80. The molecule has 0 spiro atoms. The lowest BCUT2D eigenvalue weighted by Gasteiger charge is -2.37. The van der Waals surface area contributed by atoms with Crippen LogP contribution in [-0.2, 0) is 32.0 Å². The van der Waals surface area contributed by atoms with E-state index in [1.807, 2.05) is 54.6 Å². The highest BCUT2D eigenvalue weighted by atomic mass is 16.6. The standard InChI is InChI=1S/C29H33N5O5/c1-29(2,3)39-28(38)33-21-15-22-24-18(17-11-7-8-12-19(17)31-24)14-23(34(22)27(21)37)26(36)32-20(25(30)35)13-16-9-5-4-6-10-16/h4-12,20-23,31H,13-15H2,1-3H3,(H2,30,35)(H,32,36)(H,33,38)/t20-,21-,22+,23-/m1/s1. The molecule has 2 aliphatic heterocycles. The molecule has 1 fully saturated rings. The number of nitrogens with zero attached hydrogens (tertiary/aromatic N) is 1. The number of fused-ring (bicyclic) bond motifs is 5. The third kappa shape index (κ3) is 5.32. The fourth-order valence-corrected chi connectivity index (χ4v) is 5.55. The maximum absolute atomic E-state index is 13.7. The van der Waals surface area contributed by atoms with E-state index in [4.69, 9.17) is 10.5 Å². The van der Waals surface area contributed by atoms with Gasteiger partial charge in [0.05, 0.1) is 6.04 Å². The molecule has 0 unspecified atom stereocenters. The van der Waals surface area contributed by atoms with Crippen LogP contribution in [0.15, 0.2) is 54.6 Å². The van der Waals surface area contributed by atoms with Crippen LogP contribution in [0.5, 0.6) is 0 Å². The van der Waals surface area contributed by atoms with E-state index in [9.17, 15) is 19.2 Å². The van der Waals surface area contributed by atoms with Gasteiger partial charge in [0.2, 0.25) is 17.7 Å². The van der Waals surface area contributed by atoms with Crippen molar-refractivity contribution in [3.63, 3.8) is 0 Å². The van der Waals surface area contributed by atoms with E-state index in [1.165, 1.54) is 4.90 Å². The van der Waals surface area contributed by atoms with E-state index in [1.54, 1.807) is 20.8 Å². The van der Waals surface area contributed by atoms with Gasteiger partial charge in [0.15, 0.2) is 0 Å². The molecule has 4 amide bonds. The summed E-state index contributed by atoms with van der Waals surface area (Å²) in [4.78, 5) is 57.2. The molecule has 2 aromatic carbocycles. The summed E-state index contributed by atoms with van der Waals surface area (Å²) in [5.74, 6) is -1.51. The average Bonchev–Trinajstić information content (AvgIpc) is 3.40. The first kappa shape index (κ1) is 26.3. The Morgan fingerprint density at radius 2 is 1.79 bits per heavy atom. The van der Waals surface area contributed by atoms with Gasteiger partial charge in [-0.15, -0.1) is 0 Å². The average molecular weight is 532 g/mol. The SMILES string of the molecule is CC(C)(C)OC(=O)N[C@@H]1C[C@H]2c3[nH]c4ccccc4c3C[C@H](C(=O)N[C@H](Cc3ccccc3)C(N)=O)N2C1=O. The monoisotopic (exact) mass is 531 g/mol. The van der Waals surface area contributed by atoms with Gasteiger partial charge in [-0.3, -0.25) is 14.4 Å². The molecule has 10 heteroatoms. The van der Waals surface area contributed by atoms with Crippen LogP contribution >= 0.6 is 0 Å². The summed E-state index contributed by atoms with van der Waals surface area (Å²) in [6.45, 7) is 5.23. The molecule has 0 bridgehead atoms. The number of primary amides is 1. The highest BCUT2D eigenvalue weighted by molar-refractivity contribution is 5.97. The second-order valence-corrected chi connectivity index (χ2v) is 11.1. The number of nitrogens with one attached hydrogen (secondary N) is 3. The Balaban J connectivity index is 1.45. The number of aromatic nitrogens is 1. The summed E-state index contributed by atoms with van der Waals surface area (Å²) in [5.41, 5.74) is 8.47. The van der Waals surface area contributed by atoms with Crippen LogP contribution in [0.3, 0.4) is 0 Å². The summed E-state index contributed by atoms with van der Waals surface area (Å²) in [7, 11) is 0. The Labute approximate surface area is 226 Å². The maximum Gasteiger partial charge on any atom is 0.408 e. The molecule has 204 valence electrons. The predicted octanol–water partition coefficient (Wildman–Crippen LogP) is 2.47. The van der Waals surface area contributed by atoms with Crippen LogP contribution < -0.4 is 16.4 Å². The lowest BCUT2D eigenvalue weighted by atomic mass is 9.91. The van der Waals surface area contributed by atoms with Crippen LogP contribution in [0.1, 0.15) is 50.1 Å². The molecule has 3 aromatic rings. The van der Waals surface area contributed by atoms with Gasteiger partial charge < -0.3 is 31.0 Å². The summed E-state index contributed by atoms with van der Waals surface area (Å²) in [6, 6.07) is 13.9. The smallest absolute Gasteiger partial charge is 0.408 e. The molecule has 0 radical (unpaired) electrons. The number of para-hydroxylation sites is 1. The predicted molar refractivity (Wildman–Crippen MR) is 144 cm³/mol. The van der Waals surface area contributed by atoms with Crippen molar-refractivity contribution in [1.29, 1.82) is 0 Å². The molecule has 10 nitrogen and oxygen atoms in total. The second-order valence-electron chi connectivity index (χ2n) is 11.1. The Morgan fingerprint density at radius 1 is 1.10 bits per heavy atom. The number of hydrogen-bond donors (Lipinski definition) is 4. The molecule has 0 saturated carbocycles. The van der Waals surface area contributed by atoms with Crippen molar-refractivity contribution in [2.75, 3.05) is 0 Å². The molecule has 5 N–H and O–H groups in total. The molecule has 39 heavy (non-hydrogen) atoms. The fraction of sp³-hybridized carbons (Fsp3) is 0.379. The number of benzene rings is 2. The summed E-state index contributed by atoms with van der Waals surface area (Å²) in [6.07, 6.45) is 0.0526. The van der Waals surface area contributed by atoms with Gasteiger partial charge >= 0.3 is 6.09 Å². The van der Waals surface area contributed by atoms with Gasteiger partial charge in [-0.05, 0) is 38.0 Å². The fourth-order valence-electron chi connectivity index (χ4n) is 5.55. The third-order valence-electron chi connectivity index (χ3n) is 7.20. The first-order chi connectivity index (χ1) is 18.5. The minimum atomic E-state index is -0.948. The quantitative estimate of drug-likeness (QED) is 0.386. The van der Waals surface area contributed by atoms with E-state index in [2.05, 4.69) is 15.6 Å². The molecule has 5 rings (SSSR count). The Bertz CT molecular complexity index is 1430. The van der Waals surface area contributed by atoms with E-state index >= 15 is 0 Å². The lowest BCUT2D eigenvalue weighted by molar-refractivity contribution is -0.141. The van der Waals surface area contributed by atoms with Crippen LogP contribution in [0, 0.1) is 0 Å². The van der Waals surface area contributed by atoms with Crippen LogP contribution in [0.4, 0.5) is 4.79 Å². The second kappa shape index (κ2) is 10.1. The molecular weight excluding hydrogens is 498 g/mol. The van der Waals surface area contributed by atoms with Gasteiger partial charge in [-0.25, -0.2) is 4.79 Å². The third-order valence-corrected chi connectivity index (χ3v) is 7.20. The molecule has 1 aromatic heterocycles. The zero-order chi connectivity index (χ0) is 27.9. The molecule has 1 saturated heterocycles. The van der Waals surface area contributed by atoms with Crippen LogP contribution in [0.25, 0.3) is 10.9 Å². The van der Waals surface area contributed by atoms with Gasteiger partial charge in [0.25, 0.3) is 0 Å². The first-order valence-corrected chi connectivity index (χ1v) is 13.1. The normalized spacial score (nSPS) is 21.2. The van der Waals surface area contributed by atoms with Gasteiger partial charge in [0.1, 0.15) is 23.7 Å². The molecule has 4 atom stereocenters. The lowest BCUT2D eigenvalue weighted by Crippen LogP contribution is -2.57. The van der Waals surface area contributed by atoms with E-state index < -0.39 is 47.7 Å². The summed E-state index contributed by atoms with van der Waals surface area (Å²) >= 11 is 0. The van der Waals surface area contributed by atoms with Crippen molar-refractivity contribution in [3.8, 4) is 0 Å². The zero-order valence-electron chi connectivity index (χ0n) is 22.2. The van der Waals surface area contributed by atoms with Crippen molar-refractivity contribution in [2.24, 2.45) is 5.73 Å². The molecule has 3 heterocycles. The van der Waals surface area contributed by atoms with Crippen molar-refractivity contribution in [2.45, 2.75) is 69.8 Å². The van der Waals surface area contributed by atoms with Crippen LogP contribution in [-0.4, -0.2) is 57.4 Å². The largest absolute Gasteiger partial charge is 0.444 e. The van der Waals surface area contributed by atoms with Crippen molar-refractivity contribution in [3.05, 3.63) is 71.4 Å². The Hall–Kier alpha value is -4.34. The number of carbonyl (C=O) groups excluding carboxylic acids is 4. The van der Waals surface area contributed by atoms with E-state index in [0.717, 1.165) is 27.7 Å². The number of H-pyrrole nitrogens is 1.